The van der Waals surface area contributed by atoms with E-state index in [1.165, 1.54) is 19.3 Å². The molecule has 1 aliphatic heterocycles. The van der Waals surface area contributed by atoms with Crippen LogP contribution in [0.25, 0.3) is 0 Å². The smallest absolute Gasteiger partial charge is 0.189 e. The summed E-state index contributed by atoms with van der Waals surface area (Å²) in [6.45, 7) is 0. The summed E-state index contributed by atoms with van der Waals surface area (Å²) in [5.41, 5.74) is -0.560. The Morgan fingerprint density at radius 3 is 2.57 bits per heavy atom. The number of aliphatic hydroxyl groups excluding tert-OH is 1. The largest absolute Gasteiger partial charge is 0.500 e. The molecular weight excluding hydrogens is 194 g/mol. The van der Waals surface area contributed by atoms with E-state index in [0.717, 1.165) is 12.8 Å². The second-order valence-electron chi connectivity index (χ2n) is 4.10. The first-order chi connectivity index (χ1) is 6.76. The van der Waals surface area contributed by atoms with E-state index in [1.807, 2.05) is 12.2 Å². The van der Waals surface area contributed by atoms with Crippen molar-refractivity contribution in [1.82, 2.24) is 0 Å². The molecular formula is C11H15NOS. The summed E-state index contributed by atoms with van der Waals surface area (Å²) >= 11 is 4.94. The molecule has 1 fully saturated rings. The number of hydrogen-bond acceptors (Lipinski definition) is 2. The highest BCUT2D eigenvalue weighted by molar-refractivity contribution is 7.80. The van der Waals surface area contributed by atoms with Crippen molar-refractivity contribution >= 4 is 23.5 Å². The highest BCUT2D eigenvalue weighted by Gasteiger charge is 2.41. The molecule has 0 aromatic rings. The van der Waals surface area contributed by atoms with Crippen LogP contribution in [0.4, 0.5) is 0 Å². The molecule has 0 aromatic heterocycles. The van der Waals surface area contributed by atoms with Gasteiger partial charge in [0.2, 0.25) is 0 Å². The Morgan fingerprint density at radius 1 is 1.36 bits per heavy atom. The number of thiocarbonyl (C=S) groups is 1. The van der Waals surface area contributed by atoms with E-state index in [2.05, 4.69) is 4.99 Å². The van der Waals surface area contributed by atoms with E-state index in [0.29, 0.717) is 5.92 Å². The molecule has 14 heavy (non-hydrogen) atoms. The normalized spacial score (nSPS) is 32.3. The lowest BCUT2D eigenvalue weighted by atomic mass is 9.75. The highest BCUT2D eigenvalue weighted by atomic mass is 32.1. The zero-order valence-electron chi connectivity index (χ0n) is 8.15. The Bertz CT molecular complexity index is 278. The zero-order valence-corrected chi connectivity index (χ0v) is 8.96. The molecule has 1 atom stereocenters. The number of aliphatic imine (C=N–C) groups is 1. The van der Waals surface area contributed by atoms with Crippen molar-refractivity contribution in [2.24, 2.45) is 10.9 Å². The minimum Gasteiger partial charge on any atom is -0.500 e. The van der Waals surface area contributed by atoms with Crippen LogP contribution in [0.1, 0.15) is 32.1 Å². The molecule has 1 unspecified atom stereocenters. The van der Waals surface area contributed by atoms with Crippen molar-refractivity contribution in [2.75, 3.05) is 0 Å². The lowest BCUT2D eigenvalue weighted by molar-refractivity contribution is 0.285. The quantitative estimate of drug-likeness (QED) is 0.709. The molecule has 0 radical (unpaired) electrons. The van der Waals surface area contributed by atoms with Gasteiger partial charge in [-0.05, 0) is 43.1 Å². The summed E-state index contributed by atoms with van der Waals surface area (Å²) in [7, 11) is 0. The molecule has 0 aromatic carbocycles. The maximum absolute atomic E-state index is 9.62. The Balaban J connectivity index is 2.22. The summed E-state index contributed by atoms with van der Waals surface area (Å²) in [4.78, 5) is 4.36. The average molecular weight is 209 g/mol. The molecule has 1 N–H and O–H groups in total. The van der Waals surface area contributed by atoms with E-state index >= 15 is 0 Å². The van der Waals surface area contributed by atoms with Crippen molar-refractivity contribution in [2.45, 2.75) is 37.6 Å². The van der Waals surface area contributed by atoms with Crippen molar-refractivity contribution in [3.63, 3.8) is 0 Å². The summed E-state index contributed by atoms with van der Waals surface area (Å²) < 4.78 is 0. The number of allylic oxidation sites excluding steroid dienone is 1. The molecule has 0 spiro atoms. The predicted molar refractivity (Wildman–Crippen MR) is 62.2 cm³/mol. The maximum Gasteiger partial charge on any atom is 0.189 e. The molecule has 76 valence electrons. The van der Waals surface area contributed by atoms with Gasteiger partial charge >= 0.3 is 0 Å². The van der Waals surface area contributed by atoms with Crippen LogP contribution in [0.2, 0.25) is 0 Å². The van der Waals surface area contributed by atoms with Gasteiger partial charge in [0.1, 0.15) is 5.54 Å². The van der Waals surface area contributed by atoms with E-state index in [4.69, 9.17) is 12.2 Å². The van der Waals surface area contributed by atoms with E-state index in [-0.39, 0.29) is 5.05 Å². The van der Waals surface area contributed by atoms with E-state index in [9.17, 15) is 5.11 Å². The maximum atomic E-state index is 9.62. The Kier molecular flexibility index (Phi) is 2.68. The SMILES string of the molecule is OC(=S)C1(C2CCCCC2)C=CC=N1. The second-order valence-corrected chi connectivity index (χ2v) is 4.49. The summed E-state index contributed by atoms with van der Waals surface area (Å²) in [6, 6.07) is 0. The Labute approximate surface area is 89.7 Å². The van der Waals surface area contributed by atoms with Gasteiger partial charge in [-0.2, -0.15) is 0 Å². The van der Waals surface area contributed by atoms with Gasteiger partial charge in [-0.3, -0.25) is 4.99 Å². The Morgan fingerprint density at radius 2 is 2.07 bits per heavy atom. The molecule has 2 aliphatic rings. The number of rotatable bonds is 2. The minimum absolute atomic E-state index is 0.0365. The van der Waals surface area contributed by atoms with Crippen molar-refractivity contribution in [1.29, 1.82) is 0 Å². The molecule has 1 saturated carbocycles. The second kappa shape index (κ2) is 3.81. The molecule has 1 aliphatic carbocycles. The fourth-order valence-electron chi connectivity index (χ4n) is 2.48. The monoisotopic (exact) mass is 209 g/mol. The van der Waals surface area contributed by atoms with Crippen LogP contribution in [0.5, 0.6) is 0 Å². The first kappa shape index (κ1) is 9.84. The van der Waals surface area contributed by atoms with E-state index < -0.39 is 5.54 Å². The highest BCUT2D eigenvalue weighted by Crippen LogP contribution is 2.38. The number of nitrogens with zero attached hydrogens (tertiary/aromatic N) is 1. The Hall–Kier alpha value is -0.700. The van der Waals surface area contributed by atoms with E-state index in [1.54, 1.807) is 6.21 Å². The van der Waals surface area contributed by atoms with Crippen molar-refractivity contribution in [3.8, 4) is 0 Å². The van der Waals surface area contributed by atoms with Gasteiger partial charge in [0.15, 0.2) is 5.05 Å². The third-order valence-electron chi connectivity index (χ3n) is 3.29. The zero-order chi connectivity index (χ0) is 10.0. The first-order valence-corrected chi connectivity index (χ1v) is 5.63. The van der Waals surface area contributed by atoms with Gasteiger partial charge in [-0.15, -0.1) is 0 Å². The minimum atomic E-state index is -0.560. The van der Waals surface area contributed by atoms with Crippen LogP contribution < -0.4 is 0 Å². The number of aliphatic hydroxyl groups is 1. The molecule has 0 amide bonds. The van der Waals surface area contributed by atoms with Gasteiger partial charge < -0.3 is 5.11 Å². The van der Waals surface area contributed by atoms with Gasteiger partial charge in [0.25, 0.3) is 0 Å². The lowest BCUT2D eigenvalue weighted by Crippen LogP contribution is -2.41. The van der Waals surface area contributed by atoms with Gasteiger partial charge in [-0.1, -0.05) is 19.3 Å². The van der Waals surface area contributed by atoms with Crippen LogP contribution >= 0.6 is 12.2 Å². The predicted octanol–water partition coefficient (Wildman–Crippen LogP) is 2.83. The summed E-state index contributed by atoms with van der Waals surface area (Å²) in [6.07, 6.45) is 11.6. The molecule has 0 saturated heterocycles. The fourth-order valence-corrected chi connectivity index (χ4v) is 2.77. The lowest BCUT2D eigenvalue weighted by Gasteiger charge is -2.34. The standard InChI is InChI=1S/C11H15NOS/c13-10(14)11(7-4-8-12-11)9-5-2-1-3-6-9/h4,7-9H,1-3,5-6H2,(H,13,14). The molecule has 2 nitrogen and oxygen atoms in total. The van der Waals surface area contributed by atoms with Crippen molar-refractivity contribution < 1.29 is 5.11 Å². The molecule has 2 rings (SSSR count). The number of hydrogen-bond donors (Lipinski definition) is 1. The van der Waals surface area contributed by atoms with Crippen LogP contribution in [0.3, 0.4) is 0 Å². The third kappa shape index (κ3) is 1.50. The fraction of sp³-hybridized carbons (Fsp3) is 0.636. The van der Waals surface area contributed by atoms with Gasteiger partial charge in [-0.25, -0.2) is 0 Å². The van der Waals surface area contributed by atoms with Crippen LogP contribution in [0, 0.1) is 5.92 Å². The van der Waals surface area contributed by atoms with Gasteiger partial charge in [0, 0.05) is 6.21 Å². The molecule has 1 heterocycles. The summed E-state index contributed by atoms with van der Waals surface area (Å²) in [5, 5.41) is 9.66. The van der Waals surface area contributed by atoms with Crippen LogP contribution in [-0.4, -0.2) is 21.9 Å². The third-order valence-corrected chi connectivity index (χ3v) is 3.62. The van der Waals surface area contributed by atoms with Crippen molar-refractivity contribution in [3.05, 3.63) is 12.2 Å². The van der Waals surface area contributed by atoms with Crippen LogP contribution in [-0.2, 0) is 0 Å². The topological polar surface area (TPSA) is 32.6 Å². The average Bonchev–Trinajstić information content (AvgIpc) is 2.69. The van der Waals surface area contributed by atoms with Crippen LogP contribution in [0.15, 0.2) is 17.1 Å². The molecule has 3 heteroatoms. The summed E-state index contributed by atoms with van der Waals surface area (Å²) in [5.74, 6) is 0.406. The van der Waals surface area contributed by atoms with Gasteiger partial charge in [0.05, 0.1) is 0 Å². The first-order valence-electron chi connectivity index (χ1n) is 5.22. The molecule has 0 bridgehead atoms.